The Hall–Kier alpha value is -1.52. The fourth-order valence-electron chi connectivity index (χ4n) is 1.18. The average molecular weight is 263 g/mol. The van der Waals surface area contributed by atoms with Gasteiger partial charge in [-0.05, 0) is 17.7 Å². The van der Waals surface area contributed by atoms with Crippen LogP contribution in [0.2, 0.25) is 0 Å². The molecule has 0 fully saturated rings. The van der Waals surface area contributed by atoms with Crippen LogP contribution in [0, 0.1) is 0 Å². The molecular formula is C13H20F3NO. The van der Waals surface area contributed by atoms with Crippen LogP contribution >= 0.6 is 0 Å². The number of benzene rings is 1. The summed E-state index contributed by atoms with van der Waals surface area (Å²) in [5, 5.41) is 2.52. The van der Waals surface area contributed by atoms with E-state index in [0.29, 0.717) is 12.0 Å². The van der Waals surface area contributed by atoms with E-state index >= 15 is 0 Å². The van der Waals surface area contributed by atoms with E-state index in [1.165, 1.54) is 6.07 Å². The predicted octanol–water partition coefficient (Wildman–Crippen LogP) is 4.00. The molecule has 18 heavy (non-hydrogen) atoms. The van der Waals surface area contributed by atoms with Crippen LogP contribution in [0.25, 0.3) is 0 Å². The molecule has 0 aliphatic rings. The van der Waals surface area contributed by atoms with Crippen molar-refractivity contribution in [3.63, 3.8) is 0 Å². The van der Waals surface area contributed by atoms with Crippen molar-refractivity contribution >= 4 is 5.91 Å². The van der Waals surface area contributed by atoms with E-state index in [4.69, 9.17) is 0 Å². The van der Waals surface area contributed by atoms with Gasteiger partial charge in [0.2, 0.25) is 5.91 Å². The Morgan fingerprint density at radius 3 is 2.44 bits per heavy atom. The Labute approximate surface area is 107 Å². The molecule has 0 bridgehead atoms. The summed E-state index contributed by atoms with van der Waals surface area (Å²) in [5.74, 6) is -0.183. The van der Waals surface area contributed by atoms with Crippen LogP contribution in [0.3, 0.4) is 0 Å². The molecule has 2 nitrogen and oxygen atoms in total. The second-order valence-electron chi connectivity index (χ2n) is 3.33. The zero-order valence-electron chi connectivity index (χ0n) is 10.8. The van der Waals surface area contributed by atoms with Crippen LogP contribution < -0.4 is 5.32 Å². The summed E-state index contributed by atoms with van der Waals surface area (Å²) in [6.07, 6.45) is -4.02. The van der Waals surface area contributed by atoms with Crippen LogP contribution in [0.4, 0.5) is 13.2 Å². The molecule has 0 saturated carbocycles. The highest BCUT2D eigenvalue weighted by molar-refractivity contribution is 5.75. The number of carbonyl (C=O) groups excluding carboxylic acids is 1. The molecule has 1 aromatic carbocycles. The number of alkyl halides is 3. The first kappa shape index (κ1) is 16.5. The van der Waals surface area contributed by atoms with Gasteiger partial charge in [0.15, 0.2) is 0 Å². The van der Waals surface area contributed by atoms with E-state index in [2.05, 4.69) is 5.32 Å². The highest BCUT2D eigenvalue weighted by atomic mass is 19.4. The maximum atomic E-state index is 12.3. The molecule has 1 rings (SSSR count). The molecule has 0 aromatic heterocycles. The van der Waals surface area contributed by atoms with Gasteiger partial charge < -0.3 is 5.32 Å². The first-order valence-electron chi connectivity index (χ1n) is 5.86. The molecule has 1 amide bonds. The van der Waals surface area contributed by atoms with Gasteiger partial charge in [-0.3, -0.25) is 4.79 Å². The fraction of sp³-hybridized carbons (Fsp3) is 0.462. The SMILES string of the molecule is CC.CCC(=O)NCc1cccc(C(F)(F)F)c1.[HH]. The normalized spacial score (nSPS) is 10.3. The number of halogens is 3. The molecule has 5 heteroatoms. The average Bonchev–Trinajstić information content (AvgIpc) is 2.37. The van der Waals surface area contributed by atoms with Gasteiger partial charge in [0.25, 0.3) is 0 Å². The first-order chi connectivity index (χ1) is 8.43. The van der Waals surface area contributed by atoms with Crippen LogP contribution in [0.15, 0.2) is 24.3 Å². The number of hydrogen-bond donors (Lipinski definition) is 1. The number of hydrogen-bond acceptors (Lipinski definition) is 1. The minimum Gasteiger partial charge on any atom is -0.352 e. The molecule has 1 N–H and O–H groups in total. The first-order valence-corrected chi connectivity index (χ1v) is 5.86. The van der Waals surface area contributed by atoms with E-state index in [-0.39, 0.29) is 13.9 Å². The molecule has 1 aromatic rings. The monoisotopic (exact) mass is 263 g/mol. The van der Waals surface area contributed by atoms with E-state index < -0.39 is 11.7 Å². The third-order valence-electron chi connectivity index (χ3n) is 2.07. The predicted molar refractivity (Wildman–Crippen MR) is 67.0 cm³/mol. The molecule has 0 radical (unpaired) electrons. The maximum absolute atomic E-state index is 12.3. The van der Waals surface area contributed by atoms with Gasteiger partial charge >= 0.3 is 6.18 Å². The van der Waals surface area contributed by atoms with Crippen LogP contribution in [0.5, 0.6) is 0 Å². The van der Waals surface area contributed by atoms with E-state index in [1.807, 2.05) is 13.8 Å². The van der Waals surface area contributed by atoms with Crippen molar-refractivity contribution in [1.82, 2.24) is 5.32 Å². The smallest absolute Gasteiger partial charge is 0.352 e. The Kier molecular flexibility index (Phi) is 7.08. The largest absolute Gasteiger partial charge is 0.416 e. The molecule has 0 saturated heterocycles. The second kappa shape index (κ2) is 7.74. The molecule has 0 unspecified atom stereocenters. The van der Waals surface area contributed by atoms with E-state index in [0.717, 1.165) is 12.1 Å². The molecule has 0 aliphatic carbocycles. The van der Waals surface area contributed by atoms with Crippen LogP contribution in [0.1, 0.15) is 39.7 Å². The Bertz CT molecular complexity index is 380. The number of rotatable bonds is 3. The lowest BCUT2D eigenvalue weighted by atomic mass is 10.1. The maximum Gasteiger partial charge on any atom is 0.416 e. The summed E-state index contributed by atoms with van der Waals surface area (Å²) >= 11 is 0. The number of nitrogens with one attached hydrogen (secondary N) is 1. The standard InChI is InChI=1S/C11H12F3NO.C2H6.H2/c1-2-10(16)15-7-8-4-3-5-9(6-8)11(12,13)14;1-2;/h3-6H,2,7H2,1H3,(H,15,16);1-2H3;1H. The zero-order chi connectivity index (χ0) is 14.2. The van der Waals surface area contributed by atoms with Gasteiger partial charge in [0.1, 0.15) is 0 Å². The van der Waals surface area contributed by atoms with E-state index in [1.54, 1.807) is 13.0 Å². The summed E-state index contributed by atoms with van der Waals surface area (Å²) in [4.78, 5) is 10.9. The zero-order valence-corrected chi connectivity index (χ0v) is 10.8. The summed E-state index contributed by atoms with van der Waals surface area (Å²) in [7, 11) is 0. The Morgan fingerprint density at radius 1 is 1.33 bits per heavy atom. The fourth-order valence-corrected chi connectivity index (χ4v) is 1.18. The Balaban J connectivity index is 0. The molecule has 0 heterocycles. The van der Waals surface area contributed by atoms with Crippen molar-refractivity contribution in [2.24, 2.45) is 0 Å². The topological polar surface area (TPSA) is 29.1 Å². The summed E-state index contributed by atoms with van der Waals surface area (Å²) in [5.41, 5.74) is -0.257. The quantitative estimate of drug-likeness (QED) is 0.877. The summed E-state index contributed by atoms with van der Waals surface area (Å²) < 4.78 is 37.0. The van der Waals surface area contributed by atoms with Crippen molar-refractivity contribution in [1.29, 1.82) is 0 Å². The van der Waals surface area contributed by atoms with Crippen molar-refractivity contribution in [3.8, 4) is 0 Å². The van der Waals surface area contributed by atoms with Gasteiger partial charge in [0.05, 0.1) is 5.56 Å². The number of amides is 1. The third kappa shape index (κ3) is 5.70. The lowest BCUT2D eigenvalue weighted by molar-refractivity contribution is -0.137. The van der Waals surface area contributed by atoms with Gasteiger partial charge in [0, 0.05) is 14.4 Å². The van der Waals surface area contributed by atoms with Crippen LogP contribution in [-0.4, -0.2) is 5.91 Å². The van der Waals surface area contributed by atoms with Crippen molar-refractivity contribution in [2.45, 2.75) is 39.9 Å². The Morgan fingerprint density at radius 2 is 1.94 bits per heavy atom. The molecule has 0 spiro atoms. The van der Waals surface area contributed by atoms with Gasteiger partial charge in [-0.2, -0.15) is 13.2 Å². The van der Waals surface area contributed by atoms with Crippen molar-refractivity contribution in [2.75, 3.05) is 0 Å². The lowest BCUT2D eigenvalue weighted by Gasteiger charge is -2.09. The second-order valence-corrected chi connectivity index (χ2v) is 3.33. The molecule has 0 atom stereocenters. The van der Waals surface area contributed by atoms with Gasteiger partial charge in [-0.25, -0.2) is 0 Å². The minimum absolute atomic E-state index is 0. The number of carbonyl (C=O) groups is 1. The summed E-state index contributed by atoms with van der Waals surface area (Å²) in [6.45, 7) is 5.80. The lowest BCUT2D eigenvalue weighted by Crippen LogP contribution is -2.21. The molecule has 0 aliphatic heterocycles. The summed E-state index contributed by atoms with van der Waals surface area (Å²) in [6, 6.07) is 4.92. The minimum atomic E-state index is -4.34. The molecule has 104 valence electrons. The highest BCUT2D eigenvalue weighted by Crippen LogP contribution is 2.29. The van der Waals surface area contributed by atoms with Gasteiger partial charge in [-0.1, -0.05) is 32.9 Å². The van der Waals surface area contributed by atoms with Crippen molar-refractivity contribution < 1.29 is 19.4 Å². The van der Waals surface area contributed by atoms with Gasteiger partial charge in [-0.15, -0.1) is 0 Å². The van der Waals surface area contributed by atoms with E-state index in [9.17, 15) is 18.0 Å². The van der Waals surface area contributed by atoms with Crippen molar-refractivity contribution in [3.05, 3.63) is 35.4 Å². The highest BCUT2D eigenvalue weighted by Gasteiger charge is 2.30. The third-order valence-corrected chi connectivity index (χ3v) is 2.07. The van der Waals surface area contributed by atoms with Crippen LogP contribution in [-0.2, 0) is 17.5 Å². The molecular weight excluding hydrogens is 243 g/mol.